The average Bonchev–Trinajstić information content (AvgIpc) is 3.31. The molecule has 0 aliphatic heterocycles. The molecule has 0 bridgehead atoms. The molecule has 0 spiro atoms. The van der Waals surface area contributed by atoms with Crippen molar-refractivity contribution in [2.45, 2.75) is 25.8 Å². The van der Waals surface area contributed by atoms with Gasteiger partial charge in [-0.05, 0) is 34.4 Å². The summed E-state index contributed by atoms with van der Waals surface area (Å²) in [7, 11) is 0. The first-order chi connectivity index (χ1) is 16.1. The topological polar surface area (TPSA) is 110 Å². The summed E-state index contributed by atoms with van der Waals surface area (Å²) < 4.78 is 0. The van der Waals surface area contributed by atoms with Crippen molar-refractivity contribution in [3.63, 3.8) is 0 Å². The molecule has 2 N–H and O–H groups in total. The Morgan fingerprint density at radius 2 is 1.73 bits per heavy atom. The molecule has 0 radical (unpaired) electrons. The molecule has 0 aliphatic carbocycles. The number of tetrazole rings is 1. The minimum atomic E-state index is -0.927. The largest absolute Gasteiger partial charge is 0.481 e. The quantitative estimate of drug-likeness (QED) is 0.389. The Bertz CT molecular complexity index is 1230. The van der Waals surface area contributed by atoms with Crippen LogP contribution in [0.15, 0.2) is 72.8 Å². The van der Waals surface area contributed by atoms with Crippen molar-refractivity contribution in [3.8, 4) is 11.4 Å². The van der Waals surface area contributed by atoms with Gasteiger partial charge >= 0.3 is 5.97 Å². The van der Waals surface area contributed by atoms with Crippen molar-refractivity contribution < 1.29 is 14.7 Å². The highest BCUT2D eigenvalue weighted by Gasteiger charge is 2.20. The first-order valence-electron chi connectivity index (χ1n) is 10.9. The zero-order chi connectivity index (χ0) is 23.0. The summed E-state index contributed by atoms with van der Waals surface area (Å²) in [6, 6.07) is 23.3. The Hall–Kier alpha value is -4.07. The van der Waals surface area contributed by atoms with Gasteiger partial charge in [0.05, 0.1) is 12.5 Å². The van der Waals surface area contributed by atoms with Crippen LogP contribution in [0.2, 0.25) is 0 Å². The van der Waals surface area contributed by atoms with Crippen LogP contribution in [0.1, 0.15) is 18.4 Å². The van der Waals surface area contributed by atoms with Crippen molar-refractivity contribution in [2.24, 2.45) is 5.92 Å². The van der Waals surface area contributed by atoms with Gasteiger partial charge in [-0.15, -0.1) is 10.2 Å². The molecule has 1 unspecified atom stereocenters. The number of benzene rings is 3. The number of carbonyl (C=O) groups is 2. The molecule has 0 fully saturated rings. The van der Waals surface area contributed by atoms with Crippen LogP contribution in [0, 0.1) is 5.92 Å². The van der Waals surface area contributed by atoms with Crippen molar-refractivity contribution in [1.82, 2.24) is 25.5 Å². The van der Waals surface area contributed by atoms with Gasteiger partial charge in [-0.1, -0.05) is 72.8 Å². The smallest absolute Gasteiger partial charge is 0.308 e. The fourth-order valence-corrected chi connectivity index (χ4v) is 3.73. The van der Waals surface area contributed by atoms with E-state index in [4.69, 9.17) is 0 Å². The van der Waals surface area contributed by atoms with Crippen LogP contribution in [-0.2, 0) is 22.6 Å². The highest BCUT2D eigenvalue weighted by molar-refractivity contribution is 5.86. The number of rotatable bonds is 10. The zero-order valence-electron chi connectivity index (χ0n) is 18.1. The molecule has 0 saturated carbocycles. The van der Waals surface area contributed by atoms with E-state index in [1.54, 1.807) is 0 Å². The zero-order valence-corrected chi connectivity index (χ0v) is 18.1. The molecular weight excluding hydrogens is 418 g/mol. The van der Waals surface area contributed by atoms with Gasteiger partial charge < -0.3 is 10.4 Å². The van der Waals surface area contributed by atoms with Gasteiger partial charge in [0.2, 0.25) is 11.7 Å². The number of nitrogens with one attached hydrogen (secondary N) is 1. The molecule has 3 aromatic carbocycles. The average molecular weight is 444 g/mol. The van der Waals surface area contributed by atoms with Gasteiger partial charge in [0.25, 0.3) is 0 Å². The van der Waals surface area contributed by atoms with E-state index in [1.807, 2.05) is 72.8 Å². The minimum absolute atomic E-state index is 0.0805. The highest BCUT2D eigenvalue weighted by atomic mass is 16.4. The lowest BCUT2D eigenvalue weighted by Gasteiger charge is -2.15. The third-order valence-corrected chi connectivity index (χ3v) is 5.49. The maximum Gasteiger partial charge on any atom is 0.308 e. The number of hydrogen-bond acceptors (Lipinski definition) is 5. The van der Waals surface area contributed by atoms with E-state index < -0.39 is 11.9 Å². The maximum atomic E-state index is 12.3. The Balaban J connectivity index is 1.26. The summed E-state index contributed by atoms with van der Waals surface area (Å²) in [5, 5.41) is 26.9. The number of carboxylic acid groups (broad SMARTS) is 1. The molecule has 4 rings (SSSR count). The SMILES string of the molecule is O=C(CCCn1nnc(-c2ccccc2)n1)NCC(Cc1cccc2ccccc12)C(=O)O. The van der Waals surface area contributed by atoms with Gasteiger partial charge in [0.15, 0.2) is 0 Å². The summed E-state index contributed by atoms with van der Waals surface area (Å²) in [5.41, 5.74) is 1.84. The van der Waals surface area contributed by atoms with Crippen molar-refractivity contribution in [3.05, 3.63) is 78.4 Å². The second-order valence-electron chi connectivity index (χ2n) is 7.86. The van der Waals surface area contributed by atoms with Crippen LogP contribution in [0.25, 0.3) is 22.2 Å². The van der Waals surface area contributed by atoms with E-state index in [0.29, 0.717) is 25.2 Å². The molecule has 0 aliphatic rings. The summed E-state index contributed by atoms with van der Waals surface area (Å²) >= 11 is 0. The van der Waals surface area contributed by atoms with Crippen molar-refractivity contribution in [2.75, 3.05) is 6.54 Å². The van der Waals surface area contributed by atoms with Crippen LogP contribution in [0.4, 0.5) is 0 Å². The number of aryl methyl sites for hydroxylation is 1. The lowest BCUT2D eigenvalue weighted by atomic mass is 9.95. The normalized spacial score (nSPS) is 11.9. The van der Waals surface area contributed by atoms with E-state index >= 15 is 0 Å². The molecule has 0 saturated heterocycles. The Labute approximate surface area is 191 Å². The van der Waals surface area contributed by atoms with Gasteiger partial charge in [-0.3, -0.25) is 9.59 Å². The van der Waals surface area contributed by atoms with Gasteiger partial charge in [-0.2, -0.15) is 4.80 Å². The molecule has 1 amide bonds. The monoisotopic (exact) mass is 443 g/mol. The second-order valence-corrected chi connectivity index (χ2v) is 7.86. The molecule has 4 aromatic rings. The summed E-state index contributed by atoms with van der Waals surface area (Å²) in [6.07, 6.45) is 1.13. The number of aromatic nitrogens is 4. The Morgan fingerprint density at radius 3 is 2.55 bits per heavy atom. The highest BCUT2D eigenvalue weighted by Crippen LogP contribution is 2.21. The molecule has 8 heteroatoms. The predicted octanol–water partition coefficient (Wildman–Crippen LogP) is 3.33. The number of aliphatic carboxylic acids is 1. The summed E-state index contributed by atoms with van der Waals surface area (Å²) in [6.45, 7) is 0.530. The minimum Gasteiger partial charge on any atom is -0.481 e. The van der Waals surface area contributed by atoms with Crippen LogP contribution in [0.5, 0.6) is 0 Å². The molecule has 1 atom stereocenters. The van der Waals surface area contributed by atoms with Crippen LogP contribution in [-0.4, -0.2) is 43.7 Å². The Morgan fingerprint density at radius 1 is 0.970 bits per heavy atom. The number of amides is 1. The van der Waals surface area contributed by atoms with Gasteiger partial charge in [0.1, 0.15) is 0 Å². The van der Waals surface area contributed by atoms with E-state index in [1.165, 1.54) is 4.80 Å². The number of nitrogens with zero attached hydrogens (tertiary/aromatic N) is 4. The molecule has 1 aromatic heterocycles. The number of hydrogen-bond donors (Lipinski definition) is 2. The van der Waals surface area contributed by atoms with E-state index in [0.717, 1.165) is 21.9 Å². The van der Waals surface area contributed by atoms with Crippen LogP contribution < -0.4 is 5.32 Å². The summed E-state index contributed by atoms with van der Waals surface area (Å²) in [5.74, 6) is -1.28. The molecule has 8 nitrogen and oxygen atoms in total. The van der Waals surface area contributed by atoms with E-state index in [-0.39, 0.29) is 18.9 Å². The molecule has 1 heterocycles. The molecular formula is C25H25N5O3. The van der Waals surface area contributed by atoms with Gasteiger partial charge in [-0.25, -0.2) is 0 Å². The predicted molar refractivity (Wildman–Crippen MR) is 124 cm³/mol. The van der Waals surface area contributed by atoms with E-state index in [9.17, 15) is 14.7 Å². The van der Waals surface area contributed by atoms with Crippen LogP contribution >= 0.6 is 0 Å². The molecule has 168 valence electrons. The number of fused-ring (bicyclic) bond motifs is 1. The fraction of sp³-hybridized carbons (Fsp3) is 0.240. The first-order valence-corrected chi connectivity index (χ1v) is 10.9. The third kappa shape index (κ3) is 5.79. The summed E-state index contributed by atoms with van der Waals surface area (Å²) in [4.78, 5) is 25.5. The van der Waals surface area contributed by atoms with E-state index in [2.05, 4.69) is 20.7 Å². The number of carboxylic acids is 1. The lowest BCUT2D eigenvalue weighted by Crippen LogP contribution is -2.34. The lowest BCUT2D eigenvalue weighted by molar-refractivity contribution is -0.141. The maximum absolute atomic E-state index is 12.3. The van der Waals surface area contributed by atoms with Crippen LogP contribution in [0.3, 0.4) is 0 Å². The van der Waals surface area contributed by atoms with Crippen molar-refractivity contribution >= 4 is 22.6 Å². The third-order valence-electron chi connectivity index (χ3n) is 5.49. The van der Waals surface area contributed by atoms with Gasteiger partial charge in [0, 0.05) is 18.5 Å². The molecule has 33 heavy (non-hydrogen) atoms. The number of carbonyl (C=O) groups excluding carboxylic acids is 1. The first kappa shape index (κ1) is 22.1. The fourth-order valence-electron chi connectivity index (χ4n) is 3.73. The second kappa shape index (κ2) is 10.5. The Kier molecular flexibility index (Phi) is 7.04. The standard InChI is InChI=1S/C25H25N5O3/c31-23(14-7-15-30-28-24(27-29-30)19-9-2-1-3-10-19)26-17-21(25(32)33)16-20-12-6-11-18-8-4-5-13-22(18)20/h1-6,8-13,21H,7,14-17H2,(H,26,31)(H,32,33). The van der Waals surface area contributed by atoms with Crippen molar-refractivity contribution in [1.29, 1.82) is 0 Å².